The van der Waals surface area contributed by atoms with Crippen LogP contribution >= 0.6 is 0 Å². The van der Waals surface area contributed by atoms with Crippen LogP contribution in [0.5, 0.6) is 0 Å². The fourth-order valence-corrected chi connectivity index (χ4v) is 2.22. The third kappa shape index (κ3) is 2.87. The number of rotatable bonds is 4. The molecule has 0 spiro atoms. The molecule has 1 N–H and O–H groups in total. The average molecular weight is 228 g/mol. The molecule has 0 aliphatic rings. The molecule has 1 unspecified atom stereocenters. The Morgan fingerprint density at radius 2 is 2.07 bits per heavy atom. The highest BCUT2D eigenvalue weighted by Gasteiger charge is 2.29. The Bertz CT molecular complexity index is 436. The SMILES string of the molecule is C=Cc1cc[n+](C(CC)S(=O)(=O)O)cc1. The van der Waals surface area contributed by atoms with Crippen molar-refractivity contribution in [2.75, 3.05) is 0 Å². The highest BCUT2D eigenvalue weighted by atomic mass is 32.2. The minimum atomic E-state index is -4.05. The maximum Gasteiger partial charge on any atom is 0.329 e. The first kappa shape index (κ1) is 11.9. The molecular formula is C10H14NO3S+. The van der Waals surface area contributed by atoms with Gasteiger partial charge in [0.2, 0.25) is 0 Å². The molecule has 0 aliphatic heterocycles. The van der Waals surface area contributed by atoms with Gasteiger partial charge in [-0.15, -0.1) is 0 Å². The monoisotopic (exact) mass is 228 g/mol. The molecule has 0 radical (unpaired) electrons. The highest BCUT2D eigenvalue weighted by Crippen LogP contribution is 2.10. The fourth-order valence-electron chi connectivity index (χ4n) is 1.35. The normalized spacial score (nSPS) is 13.5. The molecule has 0 saturated carbocycles. The van der Waals surface area contributed by atoms with Crippen LogP contribution in [0.2, 0.25) is 0 Å². The van der Waals surface area contributed by atoms with Gasteiger partial charge in [0.1, 0.15) is 0 Å². The molecule has 0 saturated heterocycles. The van der Waals surface area contributed by atoms with Gasteiger partial charge in [-0.05, 0) is 5.56 Å². The second-order valence-electron chi connectivity index (χ2n) is 3.16. The Balaban J connectivity index is 3.09. The third-order valence-electron chi connectivity index (χ3n) is 2.14. The van der Waals surface area contributed by atoms with Gasteiger partial charge in [-0.1, -0.05) is 19.6 Å². The van der Waals surface area contributed by atoms with Crippen LogP contribution in [-0.4, -0.2) is 13.0 Å². The van der Waals surface area contributed by atoms with Crippen LogP contribution in [0.25, 0.3) is 6.08 Å². The average Bonchev–Trinajstić information content (AvgIpc) is 2.18. The minimum Gasteiger partial charge on any atom is -0.280 e. The van der Waals surface area contributed by atoms with Crippen molar-refractivity contribution >= 4 is 16.2 Å². The lowest BCUT2D eigenvalue weighted by atomic mass is 10.3. The summed E-state index contributed by atoms with van der Waals surface area (Å²) in [6, 6.07) is 3.47. The smallest absolute Gasteiger partial charge is 0.280 e. The van der Waals surface area contributed by atoms with E-state index in [2.05, 4.69) is 6.58 Å². The van der Waals surface area contributed by atoms with Crippen molar-refractivity contribution in [3.8, 4) is 0 Å². The van der Waals surface area contributed by atoms with Crippen LogP contribution in [0.15, 0.2) is 31.1 Å². The molecule has 1 heterocycles. The lowest BCUT2D eigenvalue weighted by Crippen LogP contribution is -2.42. The van der Waals surface area contributed by atoms with Crippen molar-refractivity contribution in [1.82, 2.24) is 0 Å². The standard InChI is InChI=1S/C10H13NO3S/c1-3-9-5-7-11(8-6-9)10(4-2)15(12,13)14/h3,5-8,10H,1,4H2,2H3/p+1. The second-order valence-corrected chi connectivity index (χ2v) is 4.73. The Hall–Kier alpha value is -1.20. The van der Waals surface area contributed by atoms with E-state index in [0.29, 0.717) is 6.42 Å². The van der Waals surface area contributed by atoms with E-state index in [1.165, 1.54) is 4.57 Å². The van der Waals surface area contributed by atoms with Crippen molar-refractivity contribution < 1.29 is 17.5 Å². The molecule has 82 valence electrons. The minimum absolute atomic E-state index is 0.316. The van der Waals surface area contributed by atoms with Crippen LogP contribution < -0.4 is 4.57 Å². The van der Waals surface area contributed by atoms with E-state index in [0.717, 1.165) is 5.56 Å². The molecule has 0 amide bonds. The van der Waals surface area contributed by atoms with Crippen molar-refractivity contribution in [2.45, 2.75) is 18.7 Å². The predicted octanol–water partition coefficient (Wildman–Crippen LogP) is 1.41. The van der Waals surface area contributed by atoms with Gasteiger partial charge in [-0.25, -0.2) is 0 Å². The molecular weight excluding hydrogens is 214 g/mol. The van der Waals surface area contributed by atoms with Crippen LogP contribution in [0.3, 0.4) is 0 Å². The first-order valence-electron chi connectivity index (χ1n) is 4.58. The van der Waals surface area contributed by atoms with Gasteiger partial charge in [0.15, 0.2) is 12.4 Å². The van der Waals surface area contributed by atoms with Crippen molar-refractivity contribution in [1.29, 1.82) is 0 Å². The van der Waals surface area contributed by atoms with Crippen molar-refractivity contribution in [3.63, 3.8) is 0 Å². The summed E-state index contributed by atoms with van der Waals surface area (Å²) >= 11 is 0. The first-order chi connectivity index (χ1) is 6.99. The summed E-state index contributed by atoms with van der Waals surface area (Å²) < 4.78 is 32.5. The van der Waals surface area contributed by atoms with Crippen molar-refractivity contribution in [2.24, 2.45) is 0 Å². The first-order valence-corrected chi connectivity index (χ1v) is 6.09. The molecule has 0 aromatic carbocycles. The van der Waals surface area contributed by atoms with E-state index in [1.807, 2.05) is 0 Å². The van der Waals surface area contributed by atoms with Crippen LogP contribution in [0, 0.1) is 0 Å². The third-order valence-corrected chi connectivity index (χ3v) is 3.40. The Kier molecular flexibility index (Phi) is 3.60. The highest BCUT2D eigenvalue weighted by molar-refractivity contribution is 7.85. The van der Waals surface area contributed by atoms with Gasteiger partial charge in [-0.2, -0.15) is 13.0 Å². The van der Waals surface area contributed by atoms with E-state index in [1.54, 1.807) is 37.5 Å². The van der Waals surface area contributed by atoms with E-state index in [4.69, 9.17) is 4.55 Å². The molecule has 1 rings (SSSR count). The van der Waals surface area contributed by atoms with Gasteiger partial charge >= 0.3 is 10.1 Å². The molecule has 0 bridgehead atoms. The summed E-state index contributed by atoms with van der Waals surface area (Å²) in [6.45, 7) is 5.30. The van der Waals surface area contributed by atoms with Crippen molar-refractivity contribution in [3.05, 3.63) is 36.7 Å². The zero-order chi connectivity index (χ0) is 11.5. The Morgan fingerprint density at radius 3 is 2.40 bits per heavy atom. The van der Waals surface area contributed by atoms with Gasteiger partial charge < -0.3 is 0 Å². The summed E-state index contributed by atoms with van der Waals surface area (Å²) in [5.74, 6) is 0. The van der Waals surface area contributed by atoms with Gasteiger partial charge in [0.25, 0.3) is 5.37 Å². The molecule has 5 heteroatoms. The molecule has 1 aromatic heterocycles. The fraction of sp³-hybridized carbons (Fsp3) is 0.300. The van der Waals surface area contributed by atoms with Crippen LogP contribution in [0.1, 0.15) is 24.3 Å². The maximum atomic E-state index is 11.0. The Labute approximate surface area is 89.6 Å². The lowest BCUT2D eigenvalue weighted by Gasteiger charge is -2.06. The molecule has 4 nitrogen and oxygen atoms in total. The number of nitrogens with zero attached hydrogens (tertiary/aromatic N) is 1. The maximum absolute atomic E-state index is 11.0. The molecule has 0 fully saturated rings. The number of hydrogen-bond acceptors (Lipinski definition) is 2. The zero-order valence-electron chi connectivity index (χ0n) is 8.50. The van der Waals surface area contributed by atoms with Crippen LogP contribution in [0.4, 0.5) is 0 Å². The molecule has 1 aromatic rings. The predicted molar refractivity (Wildman–Crippen MR) is 57.6 cm³/mol. The second kappa shape index (κ2) is 4.55. The summed E-state index contributed by atoms with van der Waals surface area (Å²) in [5, 5.41) is -0.920. The summed E-state index contributed by atoms with van der Waals surface area (Å²) in [7, 11) is -4.05. The topological polar surface area (TPSA) is 58.2 Å². The van der Waals surface area contributed by atoms with Gasteiger partial charge in [0.05, 0.1) is 0 Å². The molecule has 0 aliphatic carbocycles. The zero-order valence-corrected chi connectivity index (χ0v) is 9.31. The van der Waals surface area contributed by atoms with Gasteiger partial charge in [0, 0.05) is 18.6 Å². The summed E-state index contributed by atoms with van der Waals surface area (Å²) in [6.07, 6.45) is 5.20. The quantitative estimate of drug-likeness (QED) is 0.626. The van der Waals surface area contributed by atoms with E-state index in [9.17, 15) is 8.42 Å². The van der Waals surface area contributed by atoms with E-state index < -0.39 is 15.5 Å². The number of aromatic nitrogens is 1. The number of hydrogen-bond donors (Lipinski definition) is 1. The lowest BCUT2D eigenvalue weighted by molar-refractivity contribution is -0.702. The Morgan fingerprint density at radius 1 is 1.53 bits per heavy atom. The van der Waals surface area contributed by atoms with Crippen LogP contribution in [-0.2, 0) is 10.1 Å². The van der Waals surface area contributed by atoms with E-state index >= 15 is 0 Å². The van der Waals surface area contributed by atoms with Gasteiger partial charge in [-0.3, -0.25) is 4.55 Å². The molecule has 1 atom stereocenters. The number of pyridine rings is 1. The summed E-state index contributed by atoms with van der Waals surface area (Å²) in [4.78, 5) is 0. The van der Waals surface area contributed by atoms with E-state index in [-0.39, 0.29) is 0 Å². The largest absolute Gasteiger partial charge is 0.329 e. The summed E-state index contributed by atoms with van der Waals surface area (Å²) in [5.41, 5.74) is 0.899. The molecule has 15 heavy (non-hydrogen) atoms.